The van der Waals surface area contributed by atoms with Crippen LogP contribution >= 0.6 is 0 Å². The Morgan fingerprint density at radius 3 is 2.50 bits per heavy atom. The zero-order valence-corrected chi connectivity index (χ0v) is 7.41. The molecular formula is C10H10N2O2. The molecule has 4 atom stereocenters. The van der Waals surface area contributed by atoms with Crippen LogP contribution in [-0.4, -0.2) is 21.8 Å². The Bertz CT molecular complexity index is 395. The number of fused-ring (bicyclic) bond motifs is 5. The van der Waals surface area contributed by atoms with Crippen molar-refractivity contribution in [1.82, 2.24) is 0 Å². The molecule has 0 spiro atoms. The molecule has 0 aliphatic heterocycles. The van der Waals surface area contributed by atoms with Crippen LogP contribution in [0.15, 0.2) is 34.6 Å². The molecule has 0 saturated heterocycles. The van der Waals surface area contributed by atoms with Gasteiger partial charge >= 0.3 is 0 Å². The Morgan fingerprint density at radius 1 is 1.00 bits per heavy atom. The molecule has 72 valence electrons. The maximum absolute atomic E-state index is 8.88. The molecule has 0 aromatic rings. The summed E-state index contributed by atoms with van der Waals surface area (Å²) in [7, 11) is 0. The molecule has 0 aromatic heterocycles. The number of hydrogen-bond acceptors (Lipinski definition) is 4. The van der Waals surface area contributed by atoms with Gasteiger partial charge in [0.15, 0.2) is 0 Å². The number of hydrogen-bond donors (Lipinski definition) is 2. The van der Waals surface area contributed by atoms with Gasteiger partial charge in [-0.05, 0) is 12.0 Å². The van der Waals surface area contributed by atoms with E-state index in [1.165, 1.54) is 0 Å². The summed E-state index contributed by atoms with van der Waals surface area (Å²) < 4.78 is 0. The van der Waals surface area contributed by atoms with Crippen molar-refractivity contribution in [3.8, 4) is 0 Å². The van der Waals surface area contributed by atoms with Crippen molar-refractivity contribution in [2.75, 3.05) is 0 Å². The van der Waals surface area contributed by atoms with E-state index in [1.807, 2.05) is 18.2 Å². The predicted octanol–water partition coefficient (Wildman–Crippen LogP) is 1.26. The molecule has 4 nitrogen and oxygen atoms in total. The molecule has 0 unspecified atom stereocenters. The number of allylic oxidation sites excluding steroid dienone is 4. The lowest BCUT2D eigenvalue weighted by molar-refractivity contribution is 0.312. The molecule has 1 fully saturated rings. The quantitative estimate of drug-likeness (QED) is 0.343. The SMILES string of the molecule is ON=C1C=C[C@@H]2[C@H]1[C@@H]1C=C[C@@H]2C1=NO. The van der Waals surface area contributed by atoms with E-state index in [0.29, 0.717) is 11.6 Å². The first-order chi connectivity index (χ1) is 6.86. The van der Waals surface area contributed by atoms with Gasteiger partial charge in [-0.2, -0.15) is 0 Å². The molecule has 3 aliphatic carbocycles. The molecule has 14 heavy (non-hydrogen) atoms. The summed E-state index contributed by atoms with van der Waals surface area (Å²) >= 11 is 0. The van der Waals surface area contributed by atoms with Crippen molar-refractivity contribution in [1.29, 1.82) is 0 Å². The lowest BCUT2D eigenvalue weighted by atomic mass is 9.85. The van der Waals surface area contributed by atoms with E-state index in [-0.39, 0.29) is 17.8 Å². The second-order valence-electron chi connectivity index (χ2n) is 3.95. The number of oxime groups is 2. The van der Waals surface area contributed by atoms with Gasteiger partial charge in [-0.15, -0.1) is 0 Å². The fourth-order valence-corrected chi connectivity index (χ4v) is 2.93. The third-order valence-corrected chi connectivity index (χ3v) is 3.49. The van der Waals surface area contributed by atoms with E-state index >= 15 is 0 Å². The van der Waals surface area contributed by atoms with E-state index in [0.717, 1.165) is 5.71 Å². The fraction of sp³-hybridized carbons (Fsp3) is 0.400. The van der Waals surface area contributed by atoms with Crippen molar-refractivity contribution in [2.24, 2.45) is 34.0 Å². The van der Waals surface area contributed by atoms with Gasteiger partial charge in [0.2, 0.25) is 0 Å². The molecule has 0 aromatic carbocycles. The largest absolute Gasteiger partial charge is 0.411 e. The van der Waals surface area contributed by atoms with Crippen LogP contribution < -0.4 is 0 Å². The van der Waals surface area contributed by atoms with Crippen LogP contribution in [0.5, 0.6) is 0 Å². The monoisotopic (exact) mass is 190 g/mol. The molecule has 0 heterocycles. The zero-order chi connectivity index (χ0) is 9.71. The Hall–Kier alpha value is -1.58. The van der Waals surface area contributed by atoms with Gasteiger partial charge in [0.05, 0.1) is 11.4 Å². The van der Waals surface area contributed by atoms with E-state index in [9.17, 15) is 0 Å². The third kappa shape index (κ3) is 0.697. The summed E-state index contributed by atoms with van der Waals surface area (Å²) in [6.07, 6.45) is 8.01. The van der Waals surface area contributed by atoms with E-state index < -0.39 is 0 Å². The number of rotatable bonds is 0. The Kier molecular flexibility index (Phi) is 1.37. The van der Waals surface area contributed by atoms with Crippen molar-refractivity contribution < 1.29 is 10.4 Å². The summed E-state index contributed by atoms with van der Waals surface area (Å²) in [6.45, 7) is 0. The van der Waals surface area contributed by atoms with E-state index in [1.54, 1.807) is 0 Å². The van der Waals surface area contributed by atoms with Gasteiger partial charge in [-0.25, -0.2) is 0 Å². The third-order valence-electron chi connectivity index (χ3n) is 3.49. The highest BCUT2D eigenvalue weighted by Gasteiger charge is 2.52. The molecule has 0 radical (unpaired) electrons. The van der Waals surface area contributed by atoms with Crippen LogP contribution in [-0.2, 0) is 0 Å². The zero-order valence-electron chi connectivity index (χ0n) is 7.41. The van der Waals surface area contributed by atoms with Crippen molar-refractivity contribution >= 4 is 11.4 Å². The van der Waals surface area contributed by atoms with E-state index in [2.05, 4.69) is 16.4 Å². The topological polar surface area (TPSA) is 65.2 Å². The van der Waals surface area contributed by atoms with Crippen LogP contribution in [0.1, 0.15) is 0 Å². The predicted molar refractivity (Wildman–Crippen MR) is 50.7 cm³/mol. The van der Waals surface area contributed by atoms with Gasteiger partial charge in [0.1, 0.15) is 0 Å². The Labute approximate surface area is 80.9 Å². The van der Waals surface area contributed by atoms with Crippen LogP contribution in [0, 0.1) is 23.7 Å². The fourth-order valence-electron chi connectivity index (χ4n) is 2.93. The highest BCUT2D eigenvalue weighted by atomic mass is 16.4. The molecule has 4 heteroatoms. The first-order valence-electron chi connectivity index (χ1n) is 4.67. The molecule has 2 bridgehead atoms. The van der Waals surface area contributed by atoms with Gasteiger partial charge in [-0.3, -0.25) is 0 Å². The van der Waals surface area contributed by atoms with Crippen LogP contribution in [0.3, 0.4) is 0 Å². The van der Waals surface area contributed by atoms with Gasteiger partial charge < -0.3 is 10.4 Å². The Balaban J connectivity index is 2.08. The Morgan fingerprint density at radius 2 is 1.79 bits per heavy atom. The lowest BCUT2D eigenvalue weighted by Crippen LogP contribution is -2.20. The van der Waals surface area contributed by atoms with E-state index in [4.69, 9.17) is 10.4 Å². The van der Waals surface area contributed by atoms with Gasteiger partial charge in [0.25, 0.3) is 0 Å². The molecule has 3 aliphatic rings. The summed E-state index contributed by atoms with van der Waals surface area (Å²) in [4.78, 5) is 0. The van der Waals surface area contributed by atoms with Crippen molar-refractivity contribution in [3.05, 3.63) is 24.3 Å². The van der Waals surface area contributed by atoms with Crippen LogP contribution in [0.2, 0.25) is 0 Å². The maximum Gasteiger partial charge on any atom is 0.0839 e. The lowest BCUT2D eigenvalue weighted by Gasteiger charge is -2.17. The molecule has 3 rings (SSSR count). The molecule has 0 amide bonds. The smallest absolute Gasteiger partial charge is 0.0839 e. The molecular weight excluding hydrogens is 180 g/mol. The first-order valence-corrected chi connectivity index (χ1v) is 4.67. The minimum atomic E-state index is 0.121. The summed E-state index contributed by atoms with van der Waals surface area (Å²) in [5.74, 6) is 0.823. The molecule has 1 saturated carbocycles. The highest BCUT2D eigenvalue weighted by Crippen LogP contribution is 2.49. The average molecular weight is 190 g/mol. The van der Waals surface area contributed by atoms with Crippen LogP contribution in [0.25, 0.3) is 0 Å². The second kappa shape index (κ2) is 2.47. The minimum Gasteiger partial charge on any atom is -0.411 e. The average Bonchev–Trinajstić information content (AvgIpc) is 2.87. The summed E-state index contributed by atoms with van der Waals surface area (Å²) in [5.41, 5.74) is 1.51. The minimum absolute atomic E-state index is 0.121. The van der Waals surface area contributed by atoms with Crippen LogP contribution in [0.4, 0.5) is 0 Å². The highest BCUT2D eigenvalue weighted by molar-refractivity contribution is 6.09. The summed E-state index contributed by atoms with van der Waals surface area (Å²) in [6, 6.07) is 0. The number of nitrogens with zero attached hydrogens (tertiary/aromatic N) is 2. The maximum atomic E-state index is 8.88. The second-order valence-corrected chi connectivity index (χ2v) is 3.95. The van der Waals surface area contributed by atoms with Gasteiger partial charge in [-0.1, -0.05) is 28.5 Å². The first kappa shape index (κ1) is 7.79. The van der Waals surface area contributed by atoms with Gasteiger partial charge in [0, 0.05) is 17.8 Å². The summed E-state index contributed by atoms with van der Waals surface area (Å²) in [5, 5.41) is 24.3. The van der Waals surface area contributed by atoms with Crippen molar-refractivity contribution in [2.45, 2.75) is 0 Å². The van der Waals surface area contributed by atoms with Crippen molar-refractivity contribution in [3.63, 3.8) is 0 Å². The standard InChI is InChI=1S/C10H10N2O2/c13-11-8-4-3-5-6-1-2-7(9(5)8)10(6)12-14/h1-7,9,13-14H/t5-,6-,7-,9-/m0/s1. The normalized spacial score (nSPS) is 48.3. The molecule has 2 N–H and O–H groups in total.